The molecule has 0 saturated carbocycles. The lowest BCUT2D eigenvalue weighted by atomic mass is 10.1. The number of β-amino-alcohol motifs (C(OH)–C–C–N with tert-alkyl or cyclic N) is 1. The summed E-state index contributed by atoms with van der Waals surface area (Å²) in [5.74, 6) is -1.03. The van der Waals surface area contributed by atoms with E-state index in [-0.39, 0.29) is 17.0 Å². The van der Waals surface area contributed by atoms with E-state index in [0.29, 0.717) is 23.2 Å². The summed E-state index contributed by atoms with van der Waals surface area (Å²) >= 11 is 0. The van der Waals surface area contributed by atoms with E-state index in [1.54, 1.807) is 48.5 Å². The van der Waals surface area contributed by atoms with Crippen molar-refractivity contribution < 1.29 is 24.2 Å². The number of carbonyl (C=O) groups is 2. The Labute approximate surface area is 194 Å². The van der Waals surface area contributed by atoms with Crippen LogP contribution in [0.15, 0.2) is 72.8 Å². The van der Waals surface area contributed by atoms with Gasteiger partial charge in [-0.3, -0.25) is 0 Å². The zero-order valence-corrected chi connectivity index (χ0v) is 19.3. The SMILES string of the molecule is Cc1ccc(C(=O)Oc2ccc([C@@H](O)CNC(C)(C)C)cc2OC(=O)c2ccccc2)cc1. The van der Waals surface area contributed by atoms with E-state index in [9.17, 15) is 14.7 Å². The van der Waals surface area contributed by atoms with Gasteiger partial charge in [-0.25, -0.2) is 9.59 Å². The standard InChI is InChI=1S/C27H29NO5/c1-18-10-12-20(13-11-18)26(31)32-23-15-14-21(22(29)17-28-27(2,3)4)16-24(23)33-25(30)19-8-6-5-7-9-19/h5-16,22,28-29H,17H2,1-4H3/t22-/m0/s1. The number of aliphatic hydroxyl groups is 1. The van der Waals surface area contributed by atoms with Crippen LogP contribution in [0.1, 0.15) is 58.7 Å². The lowest BCUT2D eigenvalue weighted by Crippen LogP contribution is -2.38. The van der Waals surface area contributed by atoms with Gasteiger partial charge in [-0.1, -0.05) is 42.0 Å². The highest BCUT2D eigenvalue weighted by Crippen LogP contribution is 2.32. The van der Waals surface area contributed by atoms with E-state index >= 15 is 0 Å². The molecule has 0 fully saturated rings. The second-order valence-corrected chi connectivity index (χ2v) is 8.86. The van der Waals surface area contributed by atoms with Crippen LogP contribution in [0, 0.1) is 6.92 Å². The average Bonchev–Trinajstić information content (AvgIpc) is 2.79. The molecule has 172 valence electrons. The quantitative estimate of drug-likeness (QED) is 0.398. The summed E-state index contributed by atoms with van der Waals surface area (Å²) in [6.45, 7) is 8.23. The summed E-state index contributed by atoms with van der Waals surface area (Å²) in [6, 6.07) is 20.2. The molecule has 0 aliphatic heterocycles. The summed E-state index contributed by atoms with van der Waals surface area (Å²) < 4.78 is 11.1. The van der Waals surface area contributed by atoms with Crippen LogP contribution < -0.4 is 14.8 Å². The van der Waals surface area contributed by atoms with E-state index in [2.05, 4.69) is 5.32 Å². The van der Waals surface area contributed by atoms with Gasteiger partial charge in [0.05, 0.1) is 17.2 Å². The first-order valence-electron chi connectivity index (χ1n) is 10.8. The Morgan fingerprint density at radius 2 is 1.42 bits per heavy atom. The molecule has 0 bridgehead atoms. The van der Waals surface area contributed by atoms with Gasteiger partial charge >= 0.3 is 11.9 Å². The molecular formula is C27H29NO5. The highest BCUT2D eigenvalue weighted by molar-refractivity contribution is 5.93. The summed E-state index contributed by atoms with van der Waals surface area (Å²) in [7, 11) is 0. The fourth-order valence-electron chi connectivity index (χ4n) is 3.00. The molecule has 0 aliphatic rings. The lowest BCUT2D eigenvalue weighted by molar-refractivity contribution is 0.0681. The predicted octanol–water partition coefficient (Wildman–Crippen LogP) is 4.85. The fraction of sp³-hybridized carbons (Fsp3) is 0.259. The number of rotatable bonds is 7. The molecule has 0 heterocycles. The van der Waals surface area contributed by atoms with Gasteiger partial charge in [0.2, 0.25) is 0 Å². The Hall–Kier alpha value is -3.48. The first kappa shape index (κ1) is 24.2. The largest absolute Gasteiger partial charge is 0.419 e. The number of benzene rings is 3. The smallest absolute Gasteiger partial charge is 0.343 e. The third-order valence-corrected chi connectivity index (χ3v) is 4.88. The molecule has 0 unspecified atom stereocenters. The van der Waals surface area contributed by atoms with Crippen molar-refractivity contribution in [3.8, 4) is 11.5 Å². The zero-order valence-electron chi connectivity index (χ0n) is 19.3. The maximum Gasteiger partial charge on any atom is 0.343 e. The summed E-state index contributed by atoms with van der Waals surface area (Å²) in [5.41, 5.74) is 2.10. The second-order valence-electron chi connectivity index (χ2n) is 8.86. The van der Waals surface area contributed by atoms with Gasteiger partial charge in [-0.2, -0.15) is 0 Å². The zero-order chi connectivity index (χ0) is 24.0. The number of aryl methyl sites for hydroxylation is 1. The van der Waals surface area contributed by atoms with Crippen molar-refractivity contribution in [2.45, 2.75) is 39.3 Å². The minimum atomic E-state index is -0.847. The number of ether oxygens (including phenoxy) is 2. The van der Waals surface area contributed by atoms with Crippen molar-refractivity contribution in [1.29, 1.82) is 0 Å². The van der Waals surface area contributed by atoms with Crippen LogP contribution in [0.25, 0.3) is 0 Å². The molecule has 3 aromatic rings. The molecule has 3 rings (SSSR count). The van der Waals surface area contributed by atoms with Crippen LogP contribution in [0.5, 0.6) is 11.5 Å². The van der Waals surface area contributed by atoms with Gasteiger partial charge in [0.25, 0.3) is 0 Å². The van der Waals surface area contributed by atoms with Crippen molar-refractivity contribution in [3.05, 3.63) is 95.1 Å². The first-order chi connectivity index (χ1) is 15.6. The molecule has 0 radical (unpaired) electrons. The van der Waals surface area contributed by atoms with Gasteiger partial charge in [0.1, 0.15) is 0 Å². The maximum absolute atomic E-state index is 12.7. The van der Waals surface area contributed by atoms with E-state index in [1.807, 2.05) is 39.8 Å². The minimum absolute atomic E-state index is 0.0524. The lowest BCUT2D eigenvalue weighted by Gasteiger charge is -2.23. The number of esters is 2. The maximum atomic E-state index is 12.7. The van der Waals surface area contributed by atoms with Crippen molar-refractivity contribution in [2.75, 3.05) is 6.54 Å². The van der Waals surface area contributed by atoms with Crippen LogP contribution in [-0.4, -0.2) is 29.1 Å². The fourth-order valence-corrected chi connectivity index (χ4v) is 3.00. The molecule has 0 spiro atoms. The van der Waals surface area contributed by atoms with Crippen LogP contribution >= 0.6 is 0 Å². The molecule has 0 amide bonds. The third-order valence-electron chi connectivity index (χ3n) is 4.88. The third kappa shape index (κ3) is 7.00. The number of aliphatic hydroxyl groups excluding tert-OH is 1. The number of carbonyl (C=O) groups excluding carboxylic acids is 2. The Balaban J connectivity index is 1.87. The van der Waals surface area contributed by atoms with Gasteiger partial charge in [0.15, 0.2) is 11.5 Å². The van der Waals surface area contributed by atoms with Gasteiger partial charge in [-0.05, 0) is 69.7 Å². The molecule has 6 heteroatoms. The van der Waals surface area contributed by atoms with Crippen molar-refractivity contribution >= 4 is 11.9 Å². The molecule has 0 aromatic heterocycles. The van der Waals surface area contributed by atoms with Gasteiger partial charge in [-0.15, -0.1) is 0 Å². The van der Waals surface area contributed by atoms with Crippen molar-refractivity contribution in [2.24, 2.45) is 0 Å². The van der Waals surface area contributed by atoms with E-state index in [1.165, 1.54) is 12.1 Å². The molecule has 1 atom stereocenters. The summed E-state index contributed by atoms with van der Waals surface area (Å²) in [6.07, 6.45) is -0.847. The van der Waals surface area contributed by atoms with Crippen LogP contribution in [0.3, 0.4) is 0 Å². The Morgan fingerprint density at radius 1 is 0.848 bits per heavy atom. The van der Waals surface area contributed by atoms with E-state index in [4.69, 9.17) is 9.47 Å². The number of nitrogens with one attached hydrogen (secondary N) is 1. The van der Waals surface area contributed by atoms with E-state index in [0.717, 1.165) is 5.56 Å². The van der Waals surface area contributed by atoms with Crippen molar-refractivity contribution in [1.82, 2.24) is 5.32 Å². The highest BCUT2D eigenvalue weighted by atomic mass is 16.6. The van der Waals surface area contributed by atoms with Crippen molar-refractivity contribution in [3.63, 3.8) is 0 Å². The Morgan fingerprint density at radius 3 is 2.03 bits per heavy atom. The molecule has 6 nitrogen and oxygen atoms in total. The summed E-state index contributed by atoms with van der Waals surface area (Å²) in [4.78, 5) is 25.3. The topological polar surface area (TPSA) is 84.9 Å². The average molecular weight is 448 g/mol. The number of hydrogen-bond acceptors (Lipinski definition) is 6. The van der Waals surface area contributed by atoms with E-state index < -0.39 is 18.0 Å². The second kappa shape index (κ2) is 10.4. The molecule has 2 N–H and O–H groups in total. The van der Waals surface area contributed by atoms with Crippen LogP contribution in [-0.2, 0) is 0 Å². The molecule has 0 aliphatic carbocycles. The van der Waals surface area contributed by atoms with Crippen LogP contribution in [0.2, 0.25) is 0 Å². The minimum Gasteiger partial charge on any atom is -0.419 e. The molecule has 33 heavy (non-hydrogen) atoms. The summed E-state index contributed by atoms with van der Waals surface area (Å²) in [5, 5.41) is 13.9. The Kier molecular flexibility index (Phi) is 7.63. The highest BCUT2D eigenvalue weighted by Gasteiger charge is 2.20. The monoisotopic (exact) mass is 447 g/mol. The molecule has 0 saturated heterocycles. The van der Waals surface area contributed by atoms with Gasteiger partial charge < -0.3 is 19.9 Å². The first-order valence-corrected chi connectivity index (χ1v) is 10.8. The normalized spacial score (nSPS) is 12.2. The van der Waals surface area contributed by atoms with Gasteiger partial charge in [0, 0.05) is 12.1 Å². The van der Waals surface area contributed by atoms with Crippen LogP contribution in [0.4, 0.5) is 0 Å². The molecule has 3 aromatic carbocycles. The predicted molar refractivity (Wildman–Crippen MR) is 127 cm³/mol. The molecular weight excluding hydrogens is 418 g/mol. The Bertz CT molecular complexity index is 1100. The number of hydrogen-bond donors (Lipinski definition) is 2.